The average Bonchev–Trinajstić information content (AvgIpc) is 3.15. The normalized spacial score (nSPS) is 15.1. The highest BCUT2D eigenvalue weighted by Crippen LogP contribution is 2.32. The topological polar surface area (TPSA) is 117 Å². The van der Waals surface area contributed by atoms with Gasteiger partial charge in [0.05, 0.1) is 35.5 Å². The van der Waals surface area contributed by atoms with Gasteiger partial charge in [-0.05, 0) is 43.3 Å². The number of aromatic nitrogens is 2. The van der Waals surface area contributed by atoms with Crippen LogP contribution in [-0.2, 0) is 6.54 Å². The van der Waals surface area contributed by atoms with Crippen LogP contribution in [-0.4, -0.2) is 33.2 Å². The first-order valence-corrected chi connectivity index (χ1v) is 9.98. The second-order valence-corrected chi connectivity index (χ2v) is 7.77. The second kappa shape index (κ2) is 8.13. The van der Waals surface area contributed by atoms with Crippen LogP contribution in [0.4, 0.5) is 10.5 Å². The number of nitrogens with one attached hydrogen (secondary N) is 1. The summed E-state index contributed by atoms with van der Waals surface area (Å²) in [4.78, 5) is 26.8. The Morgan fingerprint density at radius 1 is 1.26 bits per heavy atom. The molecule has 0 aliphatic carbocycles. The number of hydrogen-bond acceptors (Lipinski definition) is 4. The molecule has 0 bridgehead atoms. The molecule has 4 rings (SSSR count). The van der Waals surface area contributed by atoms with Crippen molar-refractivity contribution in [3.05, 3.63) is 70.4 Å². The van der Waals surface area contributed by atoms with Crippen molar-refractivity contribution < 1.29 is 9.59 Å². The second-order valence-electron chi connectivity index (χ2n) is 7.34. The number of primary amides is 1. The number of benzene rings is 2. The molecule has 2 heterocycles. The van der Waals surface area contributed by atoms with E-state index < -0.39 is 5.91 Å². The number of fused-ring (bicyclic) bond motifs is 1. The SMILES string of the molecule is CC1CN(C(=O)Nc2ccc(C#N)cc2)Cc2c(C(N)=O)c(-c3cccc(Cl)c3)nn21. The van der Waals surface area contributed by atoms with E-state index in [1.807, 2.05) is 19.1 Å². The summed E-state index contributed by atoms with van der Waals surface area (Å²) < 4.78 is 1.75. The van der Waals surface area contributed by atoms with Crippen molar-refractivity contribution in [2.75, 3.05) is 11.9 Å². The lowest BCUT2D eigenvalue weighted by molar-refractivity contribution is 0.0997. The van der Waals surface area contributed by atoms with Gasteiger partial charge >= 0.3 is 6.03 Å². The molecule has 0 fully saturated rings. The Morgan fingerprint density at radius 3 is 2.65 bits per heavy atom. The fraction of sp³-hybridized carbons (Fsp3) is 0.182. The first kappa shape index (κ1) is 20.4. The van der Waals surface area contributed by atoms with Crippen LogP contribution in [0.25, 0.3) is 11.3 Å². The third-order valence-electron chi connectivity index (χ3n) is 5.15. The number of nitrogens with zero attached hydrogens (tertiary/aromatic N) is 4. The molecule has 3 aromatic rings. The predicted molar refractivity (Wildman–Crippen MR) is 116 cm³/mol. The molecule has 1 aliphatic heterocycles. The van der Waals surface area contributed by atoms with Crippen molar-refractivity contribution in [1.29, 1.82) is 5.26 Å². The minimum absolute atomic E-state index is 0.165. The Labute approximate surface area is 183 Å². The molecule has 31 heavy (non-hydrogen) atoms. The summed E-state index contributed by atoms with van der Waals surface area (Å²) in [5.74, 6) is -0.613. The number of urea groups is 1. The quantitative estimate of drug-likeness (QED) is 0.652. The number of carbonyl (C=O) groups is 2. The molecule has 1 aromatic heterocycles. The maximum absolute atomic E-state index is 12.9. The number of carbonyl (C=O) groups excluding carboxylic acids is 2. The van der Waals surface area contributed by atoms with Crippen LogP contribution < -0.4 is 11.1 Å². The van der Waals surface area contributed by atoms with E-state index in [4.69, 9.17) is 22.6 Å². The van der Waals surface area contributed by atoms with Gasteiger partial charge in [0, 0.05) is 22.8 Å². The molecule has 9 heteroatoms. The van der Waals surface area contributed by atoms with Gasteiger partial charge in [-0.1, -0.05) is 23.7 Å². The number of hydrogen-bond donors (Lipinski definition) is 2. The summed E-state index contributed by atoms with van der Waals surface area (Å²) >= 11 is 6.11. The first-order valence-electron chi connectivity index (χ1n) is 9.60. The Balaban J connectivity index is 1.65. The standard InChI is InChI=1S/C22H19ClN6O2/c1-13-11-28(22(31)26-17-7-5-14(10-24)6-8-17)12-18-19(21(25)30)20(27-29(13)18)15-3-2-4-16(23)9-15/h2-9,13H,11-12H2,1H3,(H2,25,30)(H,26,31). The van der Waals surface area contributed by atoms with Crippen LogP contribution in [0.1, 0.15) is 34.6 Å². The molecule has 8 nitrogen and oxygen atoms in total. The van der Waals surface area contributed by atoms with Crippen molar-refractivity contribution in [1.82, 2.24) is 14.7 Å². The summed E-state index contributed by atoms with van der Waals surface area (Å²) in [5, 5.41) is 16.9. The number of halogens is 1. The molecule has 0 saturated carbocycles. The highest BCUT2D eigenvalue weighted by molar-refractivity contribution is 6.30. The smallest absolute Gasteiger partial charge is 0.322 e. The molecule has 0 radical (unpaired) electrons. The highest BCUT2D eigenvalue weighted by atomic mass is 35.5. The van der Waals surface area contributed by atoms with E-state index in [9.17, 15) is 9.59 Å². The molecule has 0 spiro atoms. The van der Waals surface area contributed by atoms with Crippen molar-refractivity contribution >= 4 is 29.2 Å². The lowest BCUT2D eigenvalue weighted by Crippen LogP contribution is -2.43. The van der Waals surface area contributed by atoms with Gasteiger partial charge in [0.25, 0.3) is 5.91 Å². The molecule has 3 N–H and O–H groups in total. The van der Waals surface area contributed by atoms with E-state index in [0.717, 1.165) is 0 Å². The fourth-order valence-corrected chi connectivity index (χ4v) is 3.90. The lowest BCUT2D eigenvalue weighted by Gasteiger charge is -2.32. The molecule has 1 atom stereocenters. The summed E-state index contributed by atoms with van der Waals surface area (Å²) in [7, 11) is 0. The van der Waals surface area contributed by atoms with Crippen molar-refractivity contribution in [3.8, 4) is 17.3 Å². The Bertz CT molecular complexity index is 1210. The molecular weight excluding hydrogens is 416 g/mol. The number of anilines is 1. The van der Waals surface area contributed by atoms with E-state index in [0.29, 0.717) is 39.8 Å². The molecular formula is C22H19ClN6O2. The largest absolute Gasteiger partial charge is 0.365 e. The summed E-state index contributed by atoms with van der Waals surface area (Å²) in [6.07, 6.45) is 0. The van der Waals surface area contributed by atoms with E-state index in [1.54, 1.807) is 52.0 Å². The molecule has 1 unspecified atom stereocenters. The number of nitriles is 1. The van der Waals surface area contributed by atoms with Crippen LogP contribution >= 0.6 is 11.6 Å². The lowest BCUT2D eigenvalue weighted by atomic mass is 10.0. The Morgan fingerprint density at radius 2 is 2.00 bits per heavy atom. The summed E-state index contributed by atoms with van der Waals surface area (Å²) in [6.45, 7) is 2.51. The van der Waals surface area contributed by atoms with Gasteiger partial charge in [-0.3, -0.25) is 9.48 Å². The van der Waals surface area contributed by atoms with E-state index in [-0.39, 0.29) is 24.2 Å². The van der Waals surface area contributed by atoms with Gasteiger partial charge in [-0.15, -0.1) is 0 Å². The third-order valence-corrected chi connectivity index (χ3v) is 5.38. The molecule has 2 aromatic carbocycles. The average molecular weight is 435 g/mol. The molecule has 156 valence electrons. The van der Waals surface area contributed by atoms with Crippen LogP contribution in [0.2, 0.25) is 5.02 Å². The summed E-state index contributed by atoms with van der Waals surface area (Å²) in [5.41, 5.74) is 8.78. The van der Waals surface area contributed by atoms with Gasteiger partial charge in [0.15, 0.2) is 0 Å². The third kappa shape index (κ3) is 3.96. The number of rotatable bonds is 3. The number of amides is 3. The van der Waals surface area contributed by atoms with Gasteiger partial charge < -0.3 is 16.0 Å². The monoisotopic (exact) mass is 434 g/mol. The Kier molecular flexibility index (Phi) is 5.36. The minimum atomic E-state index is -0.613. The zero-order valence-electron chi connectivity index (χ0n) is 16.7. The van der Waals surface area contributed by atoms with Gasteiger partial charge in [0.2, 0.25) is 0 Å². The van der Waals surface area contributed by atoms with Gasteiger partial charge in [0.1, 0.15) is 5.69 Å². The van der Waals surface area contributed by atoms with Crippen LogP contribution in [0, 0.1) is 11.3 Å². The van der Waals surface area contributed by atoms with Crippen LogP contribution in [0.15, 0.2) is 48.5 Å². The van der Waals surface area contributed by atoms with Crippen LogP contribution in [0.3, 0.4) is 0 Å². The van der Waals surface area contributed by atoms with Gasteiger partial charge in [-0.2, -0.15) is 10.4 Å². The molecule has 0 saturated heterocycles. The highest BCUT2D eigenvalue weighted by Gasteiger charge is 2.33. The Hall–Kier alpha value is -3.83. The zero-order valence-corrected chi connectivity index (χ0v) is 17.4. The zero-order chi connectivity index (χ0) is 22.1. The van der Waals surface area contributed by atoms with E-state index >= 15 is 0 Å². The van der Waals surface area contributed by atoms with E-state index in [1.165, 1.54) is 0 Å². The van der Waals surface area contributed by atoms with E-state index in [2.05, 4.69) is 10.4 Å². The number of nitrogens with two attached hydrogens (primary N) is 1. The summed E-state index contributed by atoms with van der Waals surface area (Å²) in [6, 6.07) is 15.2. The van der Waals surface area contributed by atoms with Crippen molar-refractivity contribution in [3.63, 3.8) is 0 Å². The van der Waals surface area contributed by atoms with Crippen molar-refractivity contribution in [2.45, 2.75) is 19.5 Å². The fourth-order valence-electron chi connectivity index (χ4n) is 3.71. The van der Waals surface area contributed by atoms with Crippen molar-refractivity contribution in [2.24, 2.45) is 5.73 Å². The molecule has 1 aliphatic rings. The predicted octanol–water partition coefficient (Wildman–Crippen LogP) is 3.78. The first-order chi connectivity index (χ1) is 14.9. The van der Waals surface area contributed by atoms with Gasteiger partial charge in [-0.25, -0.2) is 4.79 Å². The minimum Gasteiger partial charge on any atom is -0.365 e. The maximum Gasteiger partial charge on any atom is 0.322 e. The molecule has 3 amide bonds. The maximum atomic E-state index is 12.9. The van der Waals surface area contributed by atoms with Crippen LogP contribution in [0.5, 0.6) is 0 Å².